The Labute approximate surface area is 135 Å². The fourth-order valence-electron chi connectivity index (χ4n) is 2.15. The molecule has 2 amide bonds. The van der Waals surface area contributed by atoms with Crippen molar-refractivity contribution in [1.82, 2.24) is 14.5 Å². The van der Waals surface area contributed by atoms with Crippen LogP contribution < -0.4 is 11.1 Å². The third-order valence-electron chi connectivity index (χ3n) is 3.22. The molecule has 0 radical (unpaired) electrons. The maximum Gasteiger partial charge on any atom is 0.276 e. The van der Waals surface area contributed by atoms with E-state index in [-0.39, 0.29) is 11.6 Å². The summed E-state index contributed by atoms with van der Waals surface area (Å²) < 4.78 is 3.18. The normalized spacial score (nSPS) is 15.1. The summed E-state index contributed by atoms with van der Waals surface area (Å²) in [5.74, 6) is -0.926. The smallest absolute Gasteiger partial charge is 0.276 e. The van der Waals surface area contributed by atoms with Gasteiger partial charge in [0.05, 0.1) is 9.77 Å². The van der Waals surface area contributed by atoms with E-state index >= 15 is 0 Å². The average molecular weight is 337 g/mol. The van der Waals surface area contributed by atoms with Crippen molar-refractivity contribution in [2.24, 2.45) is 5.73 Å². The van der Waals surface area contributed by atoms with Gasteiger partial charge in [-0.15, -0.1) is 11.3 Å². The number of nitrogens with zero attached hydrogens (tertiary/aromatic N) is 2. The van der Waals surface area contributed by atoms with Gasteiger partial charge in [-0.25, -0.2) is 4.31 Å². The summed E-state index contributed by atoms with van der Waals surface area (Å²) in [5, 5.41) is 9.56. The largest absolute Gasteiger partial charge is 0.366 e. The summed E-state index contributed by atoms with van der Waals surface area (Å²) in [6.07, 6.45) is 3.93. The van der Waals surface area contributed by atoms with E-state index in [0.29, 0.717) is 10.6 Å². The molecule has 1 aliphatic heterocycles. The van der Waals surface area contributed by atoms with Crippen LogP contribution in [-0.4, -0.2) is 39.4 Å². The molecule has 0 bridgehead atoms. The molecule has 0 unspecified atom stereocenters. The Morgan fingerprint density at radius 2 is 2.18 bits per heavy atom. The third kappa shape index (κ3) is 3.32. The van der Waals surface area contributed by atoms with Crippen LogP contribution in [0, 0.1) is 0 Å². The van der Waals surface area contributed by atoms with Crippen LogP contribution in [0.25, 0.3) is 0 Å². The molecule has 0 atom stereocenters. The minimum atomic E-state index is -0.554. The number of nitrogens with one attached hydrogen (secondary N) is 2. The van der Waals surface area contributed by atoms with Crippen molar-refractivity contribution < 1.29 is 9.59 Å². The molecule has 22 heavy (non-hydrogen) atoms. The topological polar surface area (TPSA) is 104 Å². The Morgan fingerprint density at radius 3 is 2.82 bits per heavy atom. The predicted octanol–water partition coefficient (Wildman–Crippen LogP) is 1.93. The summed E-state index contributed by atoms with van der Waals surface area (Å²) in [7, 11) is 0. The molecule has 4 N–H and O–H groups in total. The number of anilines is 1. The van der Waals surface area contributed by atoms with Crippen molar-refractivity contribution in [2.45, 2.75) is 17.1 Å². The molecule has 9 heteroatoms. The number of amides is 2. The number of H-pyrrole nitrogens is 1. The van der Waals surface area contributed by atoms with Gasteiger partial charge in [0.15, 0.2) is 0 Å². The maximum atomic E-state index is 12.0. The number of carbonyl (C=O) groups is 2. The van der Waals surface area contributed by atoms with Crippen LogP contribution in [0.3, 0.4) is 0 Å². The zero-order valence-electron chi connectivity index (χ0n) is 11.7. The Balaban J connectivity index is 1.78. The summed E-state index contributed by atoms with van der Waals surface area (Å²) in [4.78, 5) is 23.6. The highest BCUT2D eigenvalue weighted by atomic mass is 32.2. The van der Waals surface area contributed by atoms with E-state index in [1.807, 2.05) is 0 Å². The van der Waals surface area contributed by atoms with Gasteiger partial charge in [-0.1, -0.05) is 0 Å². The molecule has 7 nitrogen and oxygen atoms in total. The summed E-state index contributed by atoms with van der Waals surface area (Å²) in [6.45, 7) is 2.06. The summed E-state index contributed by atoms with van der Waals surface area (Å²) >= 11 is 2.95. The molecule has 1 fully saturated rings. The highest BCUT2D eigenvalue weighted by molar-refractivity contribution is 7.99. The van der Waals surface area contributed by atoms with Gasteiger partial charge in [-0.3, -0.25) is 14.7 Å². The summed E-state index contributed by atoms with van der Waals surface area (Å²) in [5.41, 5.74) is 5.99. The Kier molecular flexibility index (Phi) is 4.46. The number of carbonyl (C=O) groups excluding carboxylic acids is 2. The van der Waals surface area contributed by atoms with Crippen molar-refractivity contribution in [3.05, 3.63) is 29.6 Å². The monoisotopic (exact) mass is 337 g/mol. The van der Waals surface area contributed by atoms with Gasteiger partial charge in [-0.05, 0) is 36.9 Å². The lowest BCUT2D eigenvalue weighted by molar-refractivity contribution is 0.100. The van der Waals surface area contributed by atoms with Crippen LogP contribution in [0.5, 0.6) is 0 Å². The minimum absolute atomic E-state index is 0.262. The van der Waals surface area contributed by atoms with Gasteiger partial charge < -0.3 is 11.1 Å². The highest BCUT2D eigenvalue weighted by Gasteiger charge is 2.20. The van der Waals surface area contributed by atoms with Gasteiger partial charge >= 0.3 is 0 Å². The van der Waals surface area contributed by atoms with Crippen LogP contribution >= 0.6 is 23.3 Å². The fraction of sp³-hybridized carbons (Fsp3) is 0.308. The van der Waals surface area contributed by atoms with E-state index in [4.69, 9.17) is 5.73 Å². The van der Waals surface area contributed by atoms with Gasteiger partial charge in [0.25, 0.3) is 11.8 Å². The molecule has 3 heterocycles. The molecule has 2 aromatic heterocycles. The van der Waals surface area contributed by atoms with E-state index in [1.165, 1.54) is 24.2 Å². The predicted molar refractivity (Wildman–Crippen MR) is 86.0 cm³/mol. The van der Waals surface area contributed by atoms with Gasteiger partial charge in [0.1, 0.15) is 10.7 Å². The number of thiophene rings is 1. The molecule has 0 aliphatic carbocycles. The van der Waals surface area contributed by atoms with E-state index in [9.17, 15) is 9.59 Å². The summed E-state index contributed by atoms with van der Waals surface area (Å²) in [6, 6.07) is 3.29. The second-order valence-corrected chi connectivity index (χ2v) is 7.26. The standard InChI is InChI=1S/C13H15N5O2S2/c14-11(19)8-7-10(22-18-5-1-2-6-18)21-13(8)16-12(20)9-3-4-15-17-9/h3-4,7H,1-2,5-6H2,(H2,14,19)(H,15,17)(H,16,20). The molecular formula is C13H15N5O2S2. The van der Waals surface area contributed by atoms with Gasteiger partial charge in [-0.2, -0.15) is 5.10 Å². The minimum Gasteiger partial charge on any atom is -0.366 e. The molecule has 0 aromatic carbocycles. The molecule has 3 rings (SSSR count). The lowest BCUT2D eigenvalue weighted by Crippen LogP contribution is -2.16. The van der Waals surface area contributed by atoms with Crippen LogP contribution in [0.4, 0.5) is 5.00 Å². The van der Waals surface area contributed by atoms with Crippen molar-refractivity contribution in [2.75, 3.05) is 18.4 Å². The molecule has 116 valence electrons. The highest BCUT2D eigenvalue weighted by Crippen LogP contribution is 2.37. The van der Waals surface area contributed by atoms with Crippen molar-refractivity contribution in [3.8, 4) is 0 Å². The van der Waals surface area contributed by atoms with E-state index in [1.54, 1.807) is 30.3 Å². The molecule has 0 saturated carbocycles. The molecule has 2 aromatic rings. The Bertz CT molecular complexity index is 677. The van der Waals surface area contributed by atoms with Gasteiger partial charge in [0, 0.05) is 19.3 Å². The van der Waals surface area contributed by atoms with Crippen LogP contribution in [0.2, 0.25) is 0 Å². The van der Waals surface area contributed by atoms with Crippen LogP contribution in [0.15, 0.2) is 22.5 Å². The second kappa shape index (κ2) is 6.51. The average Bonchev–Trinajstić information content (AvgIpc) is 3.19. The molecule has 0 spiro atoms. The quantitative estimate of drug-likeness (QED) is 0.723. The van der Waals surface area contributed by atoms with E-state index < -0.39 is 5.91 Å². The molecule has 1 saturated heterocycles. The number of rotatable bonds is 5. The Hall–Kier alpha value is -1.84. The van der Waals surface area contributed by atoms with Crippen LogP contribution in [0.1, 0.15) is 33.7 Å². The lowest BCUT2D eigenvalue weighted by Gasteiger charge is -2.10. The van der Waals surface area contributed by atoms with Gasteiger partial charge in [0.2, 0.25) is 0 Å². The SMILES string of the molecule is NC(=O)c1cc(SN2CCCC2)sc1NC(=O)c1cc[nH]n1. The third-order valence-corrected chi connectivity index (χ3v) is 5.46. The first-order chi connectivity index (χ1) is 10.6. The maximum absolute atomic E-state index is 12.0. The number of hydrogen-bond acceptors (Lipinski definition) is 6. The lowest BCUT2D eigenvalue weighted by atomic mass is 10.3. The first-order valence-corrected chi connectivity index (χ1v) is 8.40. The van der Waals surface area contributed by atoms with E-state index in [2.05, 4.69) is 19.8 Å². The first kappa shape index (κ1) is 15.1. The van der Waals surface area contributed by atoms with Crippen molar-refractivity contribution in [1.29, 1.82) is 0 Å². The zero-order valence-corrected chi connectivity index (χ0v) is 13.3. The number of hydrogen-bond donors (Lipinski definition) is 3. The number of aromatic amines is 1. The van der Waals surface area contributed by atoms with Crippen molar-refractivity contribution in [3.63, 3.8) is 0 Å². The fourth-order valence-corrected chi connectivity index (χ4v) is 4.52. The van der Waals surface area contributed by atoms with Crippen molar-refractivity contribution >= 4 is 40.1 Å². The molecular weight excluding hydrogens is 322 g/mol. The number of primary amides is 1. The van der Waals surface area contributed by atoms with E-state index in [0.717, 1.165) is 17.3 Å². The van der Waals surface area contributed by atoms with Crippen LogP contribution in [-0.2, 0) is 0 Å². The first-order valence-electron chi connectivity index (χ1n) is 6.81. The zero-order chi connectivity index (χ0) is 15.5. The molecule has 1 aliphatic rings. The Morgan fingerprint density at radius 1 is 1.41 bits per heavy atom. The second-order valence-electron chi connectivity index (χ2n) is 4.81. The number of aromatic nitrogens is 2. The number of nitrogens with two attached hydrogens (primary N) is 1.